The van der Waals surface area contributed by atoms with Crippen LogP contribution in [-0.4, -0.2) is 0 Å². The molecule has 0 N–H and O–H groups in total. The van der Waals surface area contributed by atoms with Crippen LogP contribution < -0.4 is 0 Å². The van der Waals surface area contributed by atoms with Gasteiger partial charge in [-0.2, -0.15) is 0 Å². The van der Waals surface area contributed by atoms with Crippen LogP contribution >= 0.6 is 0 Å². The van der Waals surface area contributed by atoms with Gasteiger partial charge in [0, 0.05) is 0 Å². The first-order chi connectivity index (χ1) is 6.06. The van der Waals surface area contributed by atoms with Gasteiger partial charge >= 0.3 is 0 Å². The molecule has 0 heteroatoms. The van der Waals surface area contributed by atoms with Crippen molar-refractivity contribution < 1.29 is 0 Å². The lowest BCUT2D eigenvalue weighted by molar-refractivity contribution is 0.158. The van der Waals surface area contributed by atoms with E-state index in [9.17, 15) is 0 Å². The summed E-state index contributed by atoms with van der Waals surface area (Å²) in [5.74, 6) is 2.67. The Morgan fingerprint density at radius 1 is 1.46 bits per heavy atom. The second-order valence-corrected chi connectivity index (χ2v) is 5.11. The maximum absolute atomic E-state index is 3.90. The van der Waals surface area contributed by atoms with Crippen LogP contribution in [0.15, 0.2) is 12.7 Å². The minimum atomic E-state index is 0.524. The number of allylic oxidation sites excluding steroid dienone is 1. The number of hydrogen-bond donors (Lipinski definition) is 0. The fourth-order valence-corrected chi connectivity index (χ4v) is 3.24. The molecule has 1 saturated carbocycles. The Kier molecular flexibility index (Phi) is 3.21. The molecule has 0 saturated heterocycles. The van der Waals surface area contributed by atoms with Crippen molar-refractivity contribution in [2.45, 2.75) is 47.0 Å². The topological polar surface area (TPSA) is 0 Å². The average molecular weight is 180 g/mol. The molecule has 1 fully saturated rings. The van der Waals surface area contributed by atoms with E-state index in [0.29, 0.717) is 5.41 Å². The molecular weight excluding hydrogens is 156 g/mol. The van der Waals surface area contributed by atoms with Crippen molar-refractivity contribution in [3.05, 3.63) is 12.7 Å². The lowest BCUT2D eigenvalue weighted by Gasteiger charge is -2.35. The third-order valence-corrected chi connectivity index (χ3v) is 4.56. The molecule has 0 bridgehead atoms. The third kappa shape index (κ3) is 1.68. The Balaban J connectivity index is 2.82. The van der Waals surface area contributed by atoms with Gasteiger partial charge in [-0.3, -0.25) is 0 Å². The molecule has 4 atom stereocenters. The highest BCUT2D eigenvalue weighted by atomic mass is 14.5. The van der Waals surface area contributed by atoms with Crippen LogP contribution in [-0.2, 0) is 0 Å². The molecule has 0 aliphatic heterocycles. The maximum atomic E-state index is 3.90. The van der Waals surface area contributed by atoms with Crippen molar-refractivity contribution in [1.82, 2.24) is 0 Å². The second kappa shape index (κ2) is 3.86. The number of hydrogen-bond acceptors (Lipinski definition) is 0. The van der Waals surface area contributed by atoms with Gasteiger partial charge in [0.25, 0.3) is 0 Å². The molecule has 1 aliphatic rings. The van der Waals surface area contributed by atoms with E-state index in [1.807, 2.05) is 0 Å². The van der Waals surface area contributed by atoms with E-state index in [-0.39, 0.29) is 0 Å². The zero-order chi connectivity index (χ0) is 10.1. The monoisotopic (exact) mass is 180 g/mol. The molecule has 0 heterocycles. The van der Waals surface area contributed by atoms with Gasteiger partial charge in [-0.15, -0.1) is 6.58 Å². The molecule has 0 radical (unpaired) electrons. The molecular formula is C13H24. The van der Waals surface area contributed by atoms with E-state index in [1.54, 1.807) is 0 Å². The Morgan fingerprint density at radius 3 is 2.54 bits per heavy atom. The van der Waals surface area contributed by atoms with Crippen molar-refractivity contribution >= 4 is 0 Å². The molecule has 0 unspecified atom stereocenters. The average Bonchev–Trinajstić information content (AvgIpc) is 2.31. The fraction of sp³-hybridized carbons (Fsp3) is 0.846. The van der Waals surface area contributed by atoms with E-state index in [4.69, 9.17) is 0 Å². The predicted molar refractivity (Wildman–Crippen MR) is 59.6 cm³/mol. The quantitative estimate of drug-likeness (QED) is 0.569. The van der Waals surface area contributed by atoms with Gasteiger partial charge in [0.2, 0.25) is 0 Å². The fourth-order valence-electron chi connectivity index (χ4n) is 3.24. The first-order valence-electron chi connectivity index (χ1n) is 5.67. The first kappa shape index (κ1) is 10.8. The Labute approximate surface area is 83.4 Å². The lowest BCUT2D eigenvalue weighted by Crippen LogP contribution is -2.27. The third-order valence-electron chi connectivity index (χ3n) is 4.56. The Bertz CT molecular complexity index is 182. The van der Waals surface area contributed by atoms with Crippen LogP contribution in [0, 0.1) is 23.2 Å². The Morgan fingerprint density at radius 2 is 2.08 bits per heavy atom. The summed E-state index contributed by atoms with van der Waals surface area (Å²) in [5.41, 5.74) is 0.524. The van der Waals surface area contributed by atoms with Crippen molar-refractivity contribution in [1.29, 1.82) is 0 Å². The highest BCUT2D eigenvalue weighted by molar-refractivity contribution is 4.98. The molecule has 1 aliphatic carbocycles. The van der Waals surface area contributed by atoms with Gasteiger partial charge in [0.15, 0.2) is 0 Å². The summed E-state index contributed by atoms with van der Waals surface area (Å²) in [6.07, 6.45) is 6.05. The summed E-state index contributed by atoms with van der Waals surface area (Å²) < 4.78 is 0. The molecule has 0 spiro atoms. The lowest BCUT2D eigenvalue weighted by atomic mass is 9.70. The van der Waals surface area contributed by atoms with Gasteiger partial charge in [-0.1, -0.05) is 40.2 Å². The standard InChI is InChI=1S/C13H24/c1-6-8-13(5)11(4)10(3)9-12(13)7-2/h6,10-12H,1,7-9H2,2-5H3/t10-,11+,12+,13-/m1/s1. The van der Waals surface area contributed by atoms with Crippen LogP contribution in [0.25, 0.3) is 0 Å². The SMILES string of the molecule is C=CC[C@@]1(C)[C@@H](CC)C[C@@H](C)[C@@H]1C. The largest absolute Gasteiger partial charge is 0.103 e. The van der Waals surface area contributed by atoms with Crippen molar-refractivity contribution in [3.63, 3.8) is 0 Å². The van der Waals surface area contributed by atoms with Crippen LogP contribution in [0.1, 0.15) is 47.0 Å². The first-order valence-corrected chi connectivity index (χ1v) is 5.67. The van der Waals surface area contributed by atoms with Crippen LogP contribution in [0.5, 0.6) is 0 Å². The van der Waals surface area contributed by atoms with E-state index < -0.39 is 0 Å². The predicted octanol–water partition coefficient (Wildman–Crippen LogP) is 4.27. The van der Waals surface area contributed by atoms with Gasteiger partial charge in [0.1, 0.15) is 0 Å². The molecule has 0 aromatic heterocycles. The summed E-state index contributed by atoms with van der Waals surface area (Å²) >= 11 is 0. The molecule has 0 nitrogen and oxygen atoms in total. The van der Waals surface area contributed by atoms with Crippen molar-refractivity contribution in [2.75, 3.05) is 0 Å². The Hall–Kier alpha value is -0.260. The van der Waals surface area contributed by atoms with Crippen molar-refractivity contribution in [3.8, 4) is 0 Å². The van der Waals surface area contributed by atoms with Crippen LogP contribution in [0.3, 0.4) is 0 Å². The zero-order valence-corrected chi connectivity index (χ0v) is 9.64. The highest BCUT2D eigenvalue weighted by Gasteiger charge is 2.45. The van der Waals surface area contributed by atoms with E-state index in [2.05, 4.69) is 40.3 Å². The van der Waals surface area contributed by atoms with Crippen LogP contribution in [0.2, 0.25) is 0 Å². The van der Waals surface area contributed by atoms with Gasteiger partial charge in [0.05, 0.1) is 0 Å². The molecule has 0 aromatic rings. The summed E-state index contributed by atoms with van der Waals surface area (Å²) in [7, 11) is 0. The summed E-state index contributed by atoms with van der Waals surface area (Å²) in [6.45, 7) is 13.5. The molecule has 76 valence electrons. The van der Waals surface area contributed by atoms with Gasteiger partial charge in [-0.05, 0) is 36.0 Å². The summed E-state index contributed by atoms with van der Waals surface area (Å²) in [6, 6.07) is 0. The van der Waals surface area contributed by atoms with Gasteiger partial charge in [-0.25, -0.2) is 0 Å². The maximum Gasteiger partial charge on any atom is -0.0235 e. The minimum absolute atomic E-state index is 0.524. The van der Waals surface area contributed by atoms with Crippen molar-refractivity contribution in [2.24, 2.45) is 23.2 Å². The second-order valence-electron chi connectivity index (χ2n) is 5.11. The minimum Gasteiger partial charge on any atom is -0.103 e. The van der Waals surface area contributed by atoms with Crippen LogP contribution in [0.4, 0.5) is 0 Å². The number of rotatable bonds is 3. The highest BCUT2D eigenvalue weighted by Crippen LogP contribution is 2.54. The molecule has 0 amide bonds. The normalized spacial score (nSPS) is 45.1. The smallest absolute Gasteiger partial charge is 0.0235 e. The molecule has 0 aromatic carbocycles. The summed E-state index contributed by atoms with van der Waals surface area (Å²) in [4.78, 5) is 0. The van der Waals surface area contributed by atoms with E-state index in [1.165, 1.54) is 19.3 Å². The van der Waals surface area contributed by atoms with E-state index in [0.717, 1.165) is 17.8 Å². The molecule has 1 rings (SSSR count). The molecule has 13 heavy (non-hydrogen) atoms. The van der Waals surface area contributed by atoms with E-state index >= 15 is 0 Å². The zero-order valence-electron chi connectivity index (χ0n) is 9.64. The summed E-state index contributed by atoms with van der Waals surface area (Å²) in [5, 5.41) is 0. The van der Waals surface area contributed by atoms with Gasteiger partial charge < -0.3 is 0 Å².